The molecule has 0 saturated heterocycles. The number of aryl methyl sites for hydroxylation is 1. The molecule has 0 unspecified atom stereocenters. The Morgan fingerprint density at radius 1 is 1.29 bits per heavy atom. The van der Waals surface area contributed by atoms with Crippen LogP contribution in [0.15, 0.2) is 35.7 Å². The Labute approximate surface area is 127 Å². The van der Waals surface area contributed by atoms with Crippen LogP contribution in [0.5, 0.6) is 0 Å². The van der Waals surface area contributed by atoms with Crippen molar-refractivity contribution in [3.05, 3.63) is 46.3 Å². The molecule has 2 aromatic rings. The minimum Gasteiger partial charge on any atom is -0.348 e. The van der Waals surface area contributed by atoms with Crippen molar-refractivity contribution in [1.82, 2.24) is 10.3 Å². The molecule has 0 aromatic carbocycles. The van der Waals surface area contributed by atoms with E-state index in [1.54, 1.807) is 6.07 Å². The summed E-state index contributed by atoms with van der Waals surface area (Å²) in [6.45, 7) is 3.31. The first kappa shape index (κ1) is 15.2. The van der Waals surface area contributed by atoms with Gasteiger partial charge in [0.2, 0.25) is 11.8 Å². The van der Waals surface area contributed by atoms with E-state index < -0.39 is 0 Å². The van der Waals surface area contributed by atoms with Crippen LogP contribution in [-0.2, 0) is 9.59 Å². The second-order valence-electron chi connectivity index (χ2n) is 4.69. The quantitative estimate of drug-likeness (QED) is 0.892. The molecule has 21 heavy (non-hydrogen) atoms. The van der Waals surface area contributed by atoms with E-state index in [9.17, 15) is 9.59 Å². The fourth-order valence-corrected chi connectivity index (χ4v) is 2.73. The smallest absolute Gasteiger partial charge is 0.227 e. The maximum absolute atomic E-state index is 12.1. The van der Waals surface area contributed by atoms with Crippen LogP contribution in [0, 0.1) is 6.92 Å². The molecule has 1 atom stereocenters. The van der Waals surface area contributed by atoms with Crippen molar-refractivity contribution >= 4 is 29.0 Å². The van der Waals surface area contributed by atoms with Gasteiger partial charge in [0.15, 0.2) is 0 Å². The molecule has 6 heteroatoms. The highest BCUT2D eigenvalue weighted by Gasteiger charge is 2.18. The summed E-state index contributed by atoms with van der Waals surface area (Å²) >= 11 is 1.51. The van der Waals surface area contributed by atoms with Gasteiger partial charge in [0.1, 0.15) is 5.82 Å². The van der Waals surface area contributed by atoms with Crippen LogP contribution in [0.1, 0.15) is 30.0 Å². The minimum atomic E-state index is -0.313. The lowest BCUT2D eigenvalue weighted by Gasteiger charge is -2.16. The number of carbonyl (C=O) groups is 2. The molecular weight excluding hydrogens is 286 g/mol. The SMILES string of the molecule is CC(=O)N[C@H](CC(=O)Nc1cccc(C)n1)c1cccs1. The monoisotopic (exact) mass is 303 g/mol. The summed E-state index contributed by atoms with van der Waals surface area (Å²) in [6, 6.07) is 8.93. The van der Waals surface area contributed by atoms with Gasteiger partial charge in [0, 0.05) is 17.5 Å². The fraction of sp³-hybridized carbons (Fsp3) is 0.267. The molecular formula is C15H17N3O2S. The van der Waals surface area contributed by atoms with Gasteiger partial charge in [-0.1, -0.05) is 12.1 Å². The molecule has 2 rings (SSSR count). The molecule has 0 aliphatic carbocycles. The Morgan fingerprint density at radius 3 is 2.71 bits per heavy atom. The number of amides is 2. The fourth-order valence-electron chi connectivity index (χ4n) is 1.95. The molecule has 0 saturated carbocycles. The number of nitrogens with zero attached hydrogens (tertiary/aromatic N) is 1. The van der Waals surface area contributed by atoms with E-state index in [0.29, 0.717) is 5.82 Å². The van der Waals surface area contributed by atoms with Crippen molar-refractivity contribution in [3.8, 4) is 0 Å². The largest absolute Gasteiger partial charge is 0.348 e. The zero-order valence-corrected chi connectivity index (χ0v) is 12.7. The standard InChI is InChI=1S/C15H17N3O2S/c1-10-5-3-7-14(16-10)18-15(20)9-12(17-11(2)19)13-6-4-8-21-13/h3-8,12H,9H2,1-2H3,(H,17,19)(H,16,18,20)/t12-/m1/s1. The molecule has 5 nitrogen and oxygen atoms in total. The summed E-state index contributed by atoms with van der Waals surface area (Å²) in [5.74, 6) is 0.183. The number of rotatable bonds is 5. The number of pyridine rings is 1. The summed E-state index contributed by atoms with van der Waals surface area (Å²) in [6.07, 6.45) is 0.176. The van der Waals surface area contributed by atoms with Gasteiger partial charge in [0.05, 0.1) is 12.5 Å². The maximum atomic E-state index is 12.1. The predicted molar refractivity (Wildman–Crippen MR) is 83.1 cm³/mol. The summed E-state index contributed by atoms with van der Waals surface area (Å²) < 4.78 is 0. The maximum Gasteiger partial charge on any atom is 0.227 e. The van der Waals surface area contributed by atoms with Crippen LogP contribution in [-0.4, -0.2) is 16.8 Å². The van der Waals surface area contributed by atoms with Crippen LogP contribution >= 0.6 is 11.3 Å². The molecule has 110 valence electrons. The van der Waals surface area contributed by atoms with Crippen LogP contribution in [0.2, 0.25) is 0 Å². The number of carbonyl (C=O) groups excluding carboxylic acids is 2. The lowest BCUT2D eigenvalue weighted by atomic mass is 10.1. The van der Waals surface area contributed by atoms with E-state index >= 15 is 0 Å². The zero-order chi connectivity index (χ0) is 15.2. The topological polar surface area (TPSA) is 71.1 Å². The zero-order valence-electron chi connectivity index (χ0n) is 11.9. The molecule has 2 N–H and O–H groups in total. The van der Waals surface area contributed by atoms with Crippen molar-refractivity contribution in [2.45, 2.75) is 26.3 Å². The van der Waals surface area contributed by atoms with Gasteiger partial charge in [-0.15, -0.1) is 11.3 Å². The van der Waals surface area contributed by atoms with Crippen molar-refractivity contribution in [2.75, 3.05) is 5.32 Å². The summed E-state index contributed by atoms with van der Waals surface area (Å²) in [5, 5.41) is 7.47. The Bertz CT molecular complexity index is 626. The lowest BCUT2D eigenvalue weighted by molar-refractivity contribution is -0.120. The van der Waals surface area contributed by atoms with Gasteiger partial charge in [0.25, 0.3) is 0 Å². The van der Waals surface area contributed by atoms with Crippen LogP contribution in [0.3, 0.4) is 0 Å². The second kappa shape index (κ2) is 6.99. The number of hydrogen-bond donors (Lipinski definition) is 2. The first-order chi connectivity index (χ1) is 10.0. The molecule has 2 heterocycles. The van der Waals surface area contributed by atoms with Gasteiger partial charge < -0.3 is 10.6 Å². The Kier molecular flexibility index (Phi) is 5.05. The highest BCUT2D eigenvalue weighted by Crippen LogP contribution is 2.22. The Hall–Kier alpha value is -2.21. The number of anilines is 1. The van der Waals surface area contributed by atoms with Gasteiger partial charge in [-0.2, -0.15) is 0 Å². The molecule has 0 radical (unpaired) electrons. The van der Waals surface area contributed by atoms with Crippen molar-refractivity contribution < 1.29 is 9.59 Å². The molecule has 0 spiro atoms. The molecule has 0 bridgehead atoms. The second-order valence-corrected chi connectivity index (χ2v) is 5.66. The first-order valence-corrected chi connectivity index (χ1v) is 7.46. The van der Waals surface area contributed by atoms with Crippen LogP contribution in [0.25, 0.3) is 0 Å². The molecule has 2 aromatic heterocycles. The third-order valence-electron chi connectivity index (χ3n) is 2.81. The van der Waals surface area contributed by atoms with Gasteiger partial charge in [-0.3, -0.25) is 9.59 Å². The summed E-state index contributed by atoms with van der Waals surface area (Å²) in [5.41, 5.74) is 0.837. The number of thiophene rings is 1. The highest BCUT2D eigenvalue weighted by molar-refractivity contribution is 7.10. The number of nitrogens with one attached hydrogen (secondary N) is 2. The van der Waals surface area contributed by atoms with Gasteiger partial charge >= 0.3 is 0 Å². The normalized spacial score (nSPS) is 11.7. The molecule has 0 aliphatic rings. The van der Waals surface area contributed by atoms with E-state index in [2.05, 4.69) is 15.6 Å². The van der Waals surface area contributed by atoms with E-state index in [1.165, 1.54) is 18.3 Å². The minimum absolute atomic E-state index is 0.158. The summed E-state index contributed by atoms with van der Waals surface area (Å²) in [4.78, 5) is 28.6. The Morgan fingerprint density at radius 2 is 2.10 bits per heavy atom. The number of aromatic nitrogens is 1. The third-order valence-corrected chi connectivity index (χ3v) is 3.80. The molecule has 0 fully saturated rings. The Balaban J connectivity index is 2.02. The van der Waals surface area contributed by atoms with Gasteiger partial charge in [-0.05, 0) is 30.5 Å². The van der Waals surface area contributed by atoms with Crippen molar-refractivity contribution in [3.63, 3.8) is 0 Å². The van der Waals surface area contributed by atoms with E-state index in [-0.39, 0.29) is 24.3 Å². The predicted octanol–water partition coefficient (Wildman–Crippen LogP) is 2.66. The summed E-state index contributed by atoms with van der Waals surface area (Å²) in [7, 11) is 0. The van der Waals surface area contributed by atoms with Crippen molar-refractivity contribution in [2.24, 2.45) is 0 Å². The van der Waals surface area contributed by atoms with Crippen LogP contribution in [0.4, 0.5) is 5.82 Å². The lowest BCUT2D eigenvalue weighted by Crippen LogP contribution is -2.29. The van der Waals surface area contributed by atoms with Crippen molar-refractivity contribution in [1.29, 1.82) is 0 Å². The van der Waals surface area contributed by atoms with E-state index in [1.807, 2.05) is 36.6 Å². The molecule has 0 aliphatic heterocycles. The average molecular weight is 303 g/mol. The highest BCUT2D eigenvalue weighted by atomic mass is 32.1. The average Bonchev–Trinajstić information content (AvgIpc) is 2.91. The van der Waals surface area contributed by atoms with E-state index in [0.717, 1.165) is 10.6 Å². The third kappa shape index (κ3) is 4.68. The first-order valence-electron chi connectivity index (χ1n) is 6.58. The van der Waals surface area contributed by atoms with Gasteiger partial charge in [-0.25, -0.2) is 4.98 Å². The van der Waals surface area contributed by atoms with Crippen LogP contribution < -0.4 is 10.6 Å². The number of hydrogen-bond acceptors (Lipinski definition) is 4. The molecule has 2 amide bonds. The van der Waals surface area contributed by atoms with E-state index in [4.69, 9.17) is 0 Å².